The Bertz CT molecular complexity index is 818. The van der Waals surface area contributed by atoms with Crippen LogP contribution in [-0.4, -0.2) is 34.0 Å². The monoisotopic (exact) mass is 361 g/mol. The molecule has 1 aliphatic heterocycles. The Morgan fingerprint density at radius 2 is 2.12 bits per heavy atom. The molecule has 2 aromatic rings. The second-order valence-electron chi connectivity index (χ2n) is 7.69. The summed E-state index contributed by atoms with van der Waals surface area (Å²) in [7, 11) is 0. The van der Waals surface area contributed by atoms with Gasteiger partial charge in [0.1, 0.15) is 11.3 Å². The van der Waals surface area contributed by atoms with Crippen molar-refractivity contribution in [3.05, 3.63) is 33.7 Å². The Labute approximate surface area is 151 Å². The quantitative estimate of drug-likeness (QED) is 0.906. The van der Waals surface area contributed by atoms with Gasteiger partial charge in [-0.1, -0.05) is 25.9 Å². The maximum Gasteiger partial charge on any atom is 0.265 e. The molecule has 0 radical (unpaired) electrons. The summed E-state index contributed by atoms with van der Waals surface area (Å²) in [5.41, 5.74) is -0.111. The highest BCUT2D eigenvalue weighted by Crippen LogP contribution is 2.35. The van der Waals surface area contributed by atoms with E-state index in [0.29, 0.717) is 29.4 Å². The van der Waals surface area contributed by atoms with Gasteiger partial charge < -0.3 is 14.7 Å². The fraction of sp³-hybridized carbons (Fsp3) is 0.500. The molecule has 1 N–H and O–H groups in total. The number of aryl methyl sites for hydroxylation is 1. The third-order valence-corrected chi connectivity index (χ3v) is 5.70. The fourth-order valence-corrected chi connectivity index (χ4v) is 3.65. The van der Waals surface area contributed by atoms with Crippen molar-refractivity contribution in [2.75, 3.05) is 11.9 Å². The fourth-order valence-electron chi connectivity index (χ4n) is 2.77. The van der Waals surface area contributed by atoms with Crippen LogP contribution in [0, 0.1) is 6.92 Å². The van der Waals surface area contributed by atoms with E-state index in [4.69, 9.17) is 4.52 Å². The molecule has 1 fully saturated rings. The minimum absolute atomic E-state index is 0.0908. The maximum atomic E-state index is 12.8. The summed E-state index contributed by atoms with van der Waals surface area (Å²) in [5.74, 6) is 0.744. The van der Waals surface area contributed by atoms with E-state index in [9.17, 15) is 9.59 Å². The van der Waals surface area contributed by atoms with Crippen LogP contribution in [0.25, 0.3) is 0 Å². The second kappa shape index (κ2) is 5.98. The van der Waals surface area contributed by atoms with Crippen LogP contribution in [0.1, 0.15) is 55.1 Å². The first-order valence-corrected chi connectivity index (χ1v) is 9.15. The van der Waals surface area contributed by atoms with E-state index in [-0.39, 0.29) is 17.2 Å². The highest BCUT2D eigenvalue weighted by atomic mass is 32.1. The number of rotatable bonds is 3. The minimum Gasteiger partial charge on any atom is -0.359 e. The Hall–Kier alpha value is -2.15. The molecule has 134 valence electrons. The molecule has 1 aliphatic rings. The first-order chi connectivity index (χ1) is 11.6. The standard InChI is InChI=1S/C18H23N3O3S/c1-11-6-9-25-14(11)15(22)21-8-7-18(21,5)16(23)19-13-10-12(24-20-13)17(2,3)4/h6,9-10H,7-8H2,1-5H3,(H,19,20,23). The van der Waals surface area contributed by atoms with Gasteiger partial charge in [-0.15, -0.1) is 11.3 Å². The number of anilines is 1. The number of carbonyl (C=O) groups is 2. The van der Waals surface area contributed by atoms with Crippen molar-refractivity contribution in [2.45, 2.75) is 52.0 Å². The molecule has 0 bridgehead atoms. The molecule has 0 spiro atoms. The lowest BCUT2D eigenvalue weighted by atomic mass is 9.85. The first kappa shape index (κ1) is 17.7. The van der Waals surface area contributed by atoms with Crippen molar-refractivity contribution >= 4 is 29.0 Å². The number of carbonyl (C=O) groups excluding carboxylic acids is 2. The summed E-state index contributed by atoms with van der Waals surface area (Å²) >= 11 is 1.41. The highest BCUT2D eigenvalue weighted by Gasteiger charge is 2.50. The largest absolute Gasteiger partial charge is 0.359 e. The summed E-state index contributed by atoms with van der Waals surface area (Å²) in [5, 5.41) is 8.60. The predicted molar refractivity (Wildman–Crippen MR) is 96.9 cm³/mol. The number of amides is 2. The third-order valence-electron chi connectivity index (χ3n) is 4.70. The van der Waals surface area contributed by atoms with Crippen LogP contribution in [-0.2, 0) is 10.2 Å². The van der Waals surface area contributed by atoms with Crippen LogP contribution in [0.4, 0.5) is 5.82 Å². The average Bonchev–Trinajstić information content (AvgIpc) is 3.13. The summed E-state index contributed by atoms with van der Waals surface area (Å²) < 4.78 is 5.30. The number of nitrogens with one attached hydrogen (secondary N) is 1. The molecule has 3 rings (SSSR count). The van der Waals surface area contributed by atoms with E-state index in [0.717, 1.165) is 5.56 Å². The Kier molecular flexibility index (Phi) is 4.23. The lowest BCUT2D eigenvalue weighted by Gasteiger charge is -2.48. The summed E-state index contributed by atoms with van der Waals surface area (Å²) in [6.07, 6.45) is 0.624. The van der Waals surface area contributed by atoms with Crippen LogP contribution >= 0.6 is 11.3 Å². The number of aromatic nitrogens is 1. The number of likely N-dealkylation sites (tertiary alicyclic amines) is 1. The topological polar surface area (TPSA) is 75.4 Å². The number of thiophene rings is 1. The molecule has 3 heterocycles. The minimum atomic E-state index is -0.867. The van der Waals surface area contributed by atoms with E-state index in [1.54, 1.807) is 17.9 Å². The van der Waals surface area contributed by atoms with Gasteiger partial charge in [-0.05, 0) is 37.3 Å². The molecule has 7 heteroatoms. The van der Waals surface area contributed by atoms with Crippen LogP contribution < -0.4 is 5.32 Å². The van der Waals surface area contributed by atoms with Crippen molar-refractivity contribution in [1.29, 1.82) is 0 Å². The second-order valence-corrected chi connectivity index (χ2v) is 8.61. The zero-order chi connectivity index (χ0) is 18.4. The molecule has 0 aliphatic carbocycles. The smallest absolute Gasteiger partial charge is 0.265 e. The van der Waals surface area contributed by atoms with Crippen molar-refractivity contribution < 1.29 is 14.1 Å². The van der Waals surface area contributed by atoms with Gasteiger partial charge in [0, 0.05) is 18.0 Å². The van der Waals surface area contributed by atoms with Gasteiger partial charge in [-0.25, -0.2) is 0 Å². The molecule has 2 aromatic heterocycles. The van der Waals surface area contributed by atoms with E-state index in [1.165, 1.54) is 11.3 Å². The molecular formula is C18H23N3O3S. The molecule has 0 saturated carbocycles. The molecule has 0 aromatic carbocycles. The van der Waals surface area contributed by atoms with Crippen molar-refractivity contribution in [2.24, 2.45) is 0 Å². The molecular weight excluding hydrogens is 338 g/mol. The number of hydrogen-bond donors (Lipinski definition) is 1. The van der Waals surface area contributed by atoms with Crippen molar-refractivity contribution in [3.8, 4) is 0 Å². The summed E-state index contributed by atoms with van der Waals surface area (Å²) in [4.78, 5) is 27.8. The van der Waals surface area contributed by atoms with Gasteiger partial charge in [0.25, 0.3) is 11.8 Å². The molecule has 6 nitrogen and oxygen atoms in total. The first-order valence-electron chi connectivity index (χ1n) is 8.27. The van der Waals surface area contributed by atoms with Crippen molar-refractivity contribution in [1.82, 2.24) is 10.1 Å². The Morgan fingerprint density at radius 1 is 1.40 bits per heavy atom. The van der Waals surface area contributed by atoms with Gasteiger partial charge in [-0.3, -0.25) is 9.59 Å². The molecule has 2 amide bonds. The van der Waals surface area contributed by atoms with Crippen LogP contribution in [0.15, 0.2) is 22.0 Å². The van der Waals surface area contributed by atoms with Crippen LogP contribution in [0.3, 0.4) is 0 Å². The Balaban J connectivity index is 1.74. The van der Waals surface area contributed by atoms with Gasteiger partial charge >= 0.3 is 0 Å². The van der Waals surface area contributed by atoms with E-state index in [1.807, 2.05) is 39.1 Å². The van der Waals surface area contributed by atoms with E-state index < -0.39 is 5.54 Å². The van der Waals surface area contributed by atoms with Crippen LogP contribution in [0.2, 0.25) is 0 Å². The maximum absolute atomic E-state index is 12.8. The molecule has 1 atom stereocenters. The predicted octanol–water partition coefficient (Wildman–Crippen LogP) is 3.59. The van der Waals surface area contributed by atoms with Gasteiger partial charge in [-0.2, -0.15) is 0 Å². The number of hydrogen-bond acceptors (Lipinski definition) is 5. The van der Waals surface area contributed by atoms with Crippen LogP contribution in [0.5, 0.6) is 0 Å². The zero-order valence-corrected chi connectivity index (χ0v) is 16.0. The highest BCUT2D eigenvalue weighted by molar-refractivity contribution is 7.12. The van der Waals surface area contributed by atoms with Crippen molar-refractivity contribution in [3.63, 3.8) is 0 Å². The van der Waals surface area contributed by atoms with Gasteiger partial charge in [0.15, 0.2) is 5.82 Å². The SMILES string of the molecule is Cc1ccsc1C(=O)N1CCC1(C)C(=O)Nc1cc(C(C)(C)C)on1. The lowest BCUT2D eigenvalue weighted by Crippen LogP contribution is -2.66. The molecule has 25 heavy (non-hydrogen) atoms. The lowest BCUT2D eigenvalue weighted by molar-refractivity contribution is -0.132. The number of nitrogens with zero attached hydrogens (tertiary/aromatic N) is 2. The van der Waals surface area contributed by atoms with Gasteiger partial charge in [0.2, 0.25) is 0 Å². The van der Waals surface area contributed by atoms with E-state index >= 15 is 0 Å². The summed E-state index contributed by atoms with van der Waals surface area (Å²) in [6.45, 7) is 10.3. The van der Waals surface area contributed by atoms with E-state index in [2.05, 4.69) is 10.5 Å². The Morgan fingerprint density at radius 3 is 2.60 bits per heavy atom. The normalized spacial score (nSPS) is 20.3. The third kappa shape index (κ3) is 3.08. The molecule has 1 unspecified atom stereocenters. The summed E-state index contributed by atoms with van der Waals surface area (Å²) in [6, 6.07) is 3.65. The average molecular weight is 361 g/mol. The zero-order valence-electron chi connectivity index (χ0n) is 15.2. The molecule has 1 saturated heterocycles. The van der Waals surface area contributed by atoms with Gasteiger partial charge in [0.05, 0.1) is 4.88 Å².